The number of hydrogen-bond acceptors (Lipinski definition) is 5. The van der Waals surface area contributed by atoms with Gasteiger partial charge in [-0.2, -0.15) is 5.10 Å². The van der Waals surface area contributed by atoms with Gasteiger partial charge in [0.2, 0.25) is 0 Å². The number of β-amino-alcohol motifs (C(OH)–C–C–N with tert-alkyl or cyclic N) is 1. The zero-order chi connectivity index (χ0) is 23.8. The molecule has 0 bridgehead atoms. The number of likely N-dealkylation sites (tertiary alicyclic amines) is 1. The van der Waals surface area contributed by atoms with Crippen LogP contribution < -0.4 is 4.74 Å². The number of amides is 1. The van der Waals surface area contributed by atoms with Crippen LogP contribution in [-0.2, 0) is 0 Å². The lowest BCUT2D eigenvalue weighted by molar-refractivity contribution is 0.0765. The van der Waals surface area contributed by atoms with E-state index in [1.165, 1.54) is 12.4 Å². The van der Waals surface area contributed by atoms with Crippen LogP contribution in [0.2, 0.25) is 10.0 Å². The highest BCUT2D eigenvalue weighted by atomic mass is 35.5. The average molecular weight is 497 g/mol. The van der Waals surface area contributed by atoms with Gasteiger partial charge in [-0.15, -0.1) is 0 Å². The molecule has 34 heavy (non-hydrogen) atoms. The van der Waals surface area contributed by atoms with Gasteiger partial charge in [-0.3, -0.25) is 14.9 Å². The molecule has 1 amide bonds. The van der Waals surface area contributed by atoms with E-state index in [4.69, 9.17) is 27.9 Å². The van der Waals surface area contributed by atoms with Crippen LogP contribution in [0, 0.1) is 0 Å². The van der Waals surface area contributed by atoms with Crippen molar-refractivity contribution in [2.45, 2.75) is 25.6 Å². The second-order valence-electron chi connectivity index (χ2n) is 8.33. The Kier molecular flexibility index (Phi) is 6.16. The van der Waals surface area contributed by atoms with Crippen LogP contribution in [0.25, 0.3) is 22.2 Å². The maximum Gasteiger partial charge on any atom is 0.253 e. The van der Waals surface area contributed by atoms with Gasteiger partial charge in [0.1, 0.15) is 17.5 Å². The minimum atomic E-state index is -0.458. The number of nitrogens with one attached hydrogen (secondary N) is 1. The van der Waals surface area contributed by atoms with Gasteiger partial charge in [-0.1, -0.05) is 35.3 Å². The Balaban J connectivity index is 1.44. The number of aromatic amines is 1. The number of rotatable bonds is 5. The molecule has 0 spiro atoms. The predicted molar refractivity (Wildman–Crippen MR) is 131 cm³/mol. The number of benzene rings is 2. The summed E-state index contributed by atoms with van der Waals surface area (Å²) in [7, 11) is 0. The number of ether oxygens (including phenoxy) is 1. The van der Waals surface area contributed by atoms with Gasteiger partial charge in [-0.25, -0.2) is 0 Å². The maximum absolute atomic E-state index is 12.9. The first-order valence-corrected chi connectivity index (χ1v) is 11.7. The van der Waals surface area contributed by atoms with Crippen LogP contribution in [0.5, 0.6) is 5.75 Å². The van der Waals surface area contributed by atoms with Gasteiger partial charge >= 0.3 is 0 Å². The number of aliphatic hydroxyl groups is 1. The molecule has 1 unspecified atom stereocenters. The highest BCUT2D eigenvalue weighted by Crippen LogP contribution is 2.35. The number of fused-ring (bicyclic) bond motifs is 1. The summed E-state index contributed by atoms with van der Waals surface area (Å²) in [5, 5.41) is 19.0. The van der Waals surface area contributed by atoms with Gasteiger partial charge in [0.05, 0.1) is 21.7 Å². The summed E-state index contributed by atoms with van der Waals surface area (Å²) in [6, 6.07) is 13.0. The van der Waals surface area contributed by atoms with E-state index in [2.05, 4.69) is 15.2 Å². The Morgan fingerprint density at radius 3 is 2.74 bits per heavy atom. The second kappa shape index (κ2) is 9.25. The number of carbonyl (C=O) groups excluding carboxylic acids is 1. The third kappa shape index (κ3) is 4.34. The van der Waals surface area contributed by atoms with Crippen molar-refractivity contribution in [3.8, 4) is 17.0 Å². The first-order chi connectivity index (χ1) is 16.4. The van der Waals surface area contributed by atoms with E-state index in [1.807, 2.05) is 43.3 Å². The third-order valence-corrected chi connectivity index (χ3v) is 6.58. The molecule has 1 saturated heterocycles. The Morgan fingerprint density at radius 2 is 2.00 bits per heavy atom. The summed E-state index contributed by atoms with van der Waals surface area (Å²) in [5.74, 6) is 0.534. The Morgan fingerprint density at radius 1 is 1.21 bits per heavy atom. The van der Waals surface area contributed by atoms with E-state index >= 15 is 0 Å². The van der Waals surface area contributed by atoms with Crippen LogP contribution in [-0.4, -0.2) is 50.3 Å². The Labute approximate surface area is 206 Å². The van der Waals surface area contributed by atoms with Crippen LogP contribution in [0.1, 0.15) is 35.4 Å². The van der Waals surface area contributed by atoms with Crippen LogP contribution >= 0.6 is 23.2 Å². The largest absolute Gasteiger partial charge is 0.486 e. The molecule has 2 N–H and O–H groups in total. The number of aliphatic hydroxyl groups excluding tert-OH is 1. The minimum Gasteiger partial charge on any atom is -0.486 e. The average Bonchev–Trinajstić information content (AvgIpc) is 3.44. The number of hydrogen-bond donors (Lipinski definition) is 2. The smallest absolute Gasteiger partial charge is 0.253 e. The fourth-order valence-electron chi connectivity index (χ4n) is 4.27. The number of halogens is 2. The van der Waals surface area contributed by atoms with Gasteiger partial charge in [0.15, 0.2) is 0 Å². The highest BCUT2D eigenvalue weighted by Gasteiger charge is 2.25. The molecule has 2 atom stereocenters. The Hall–Kier alpha value is -3.13. The molecule has 1 aliphatic rings. The summed E-state index contributed by atoms with van der Waals surface area (Å²) in [6.07, 6.45) is 2.83. The van der Waals surface area contributed by atoms with E-state index in [-0.39, 0.29) is 5.91 Å². The van der Waals surface area contributed by atoms with Crippen molar-refractivity contribution in [1.29, 1.82) is 0 Å². The number of nitrogens with zero attached hydrogens (tertiary/aromatic N) is 3. The van der Waals surface area contributed by atoms with Crippen LogP contribution in [0.4, 0.5) is 0 Å². The molecule has 7 nitrogen and oxygen atoms in total. The molecule has 0 saturated carbocycles. The molecule has 9 heteroatoms. The van der Waals surface area contributed by atoms with Gasteiger partial charge in [0, 0.05) is 47.6 Å². The van der Waals surface area contributed by atoms with Gasteiger partial charge < -0.3 is 14.7 Å². The first kappa shape index (κ1) is 22.7. The fraction of sp³-hybridized carbons (Fsp3) is 0.240. The van der Waals surface area contributed by atoms with Crippen molar-refractivity contribution in [1.82, 2.24) is 20.1 Å². The summed E-state index contributed by atoms with van der Waals surface area (Å²) in [6.45, 7) is 2.79. The van der Waals surface area contributed by atoms with Crippen molar-refractivity contribution in [3.63, 3.8) is 0 Å². The van der Waals surface area contributed by atoms with E-state index < -0.39 is 12.2 Å². The normalized spacial score (nSPS) is 16.7. The molecule has 4 aromatic rings. The van der Waals surface area contributed by atoms with Crippen molar-refractivity contribution in [3.05, 3.63) is 76.0 Å². The fourth-order valence-corrected chi connectivity index (χ4v) is 4.94. The molecule has 3 heterocycles. The van der Waals surface area contributed by atoms with Crippen molar-refractivity contribution < 1.29 is 14.6 Å². The lowest BCUT2D eigenvalue weighted by atomic mass is 10.0. The van der Waals surface area contributed by atoms with Crippen LogP contribution in [0.3, 0.4) is 0 Å². The van der Waals surface area contributed by atoms with Gasteiger partial charge in [0.25, 0.3) is 5.91 Å². The Bertz CT molecular complexity index is 1350. The third-order valence-electron chi connectivity index (χ3n) is 5.98. The molecule has 1 fully saturated rings. The highest BCUT2D eigenvalue weighted by molar-refractivity contribution is 6.35. The summed E-state index contributed by atoms with van der Waals surface area (Å²) >= 11 is 12.6. The zero-order valence-corrected chi connectivity index (χ0v) is 19.8. The number of H-pyrrole nitrogens is 1. The predicted octanol–water partition coefficient (Wildman–Crippen LogP) is 5.28. The summed E-state index contributed by atoms with van der Waals surface area (Å²) < 4.78 is 6.15. The molecule has 0 radical (unpaired) electrons. The first-order valence-electron chi connectivity index (χ1n) is 10.9. The van der Waals surface area contributed by atoms with Crippen molar-refractivity contribution in [2.24, 2.45) is 0 Å². The van der Waals surface area contributed by atoms with Crippen LogP contribution in [0.15, 0.2) is 54.9 Å². The lowest BCUT2D eigenvalue weighted by Crippen LogP contribution is -2.29. The monoisotopic (exact) mass is 496 g/mol. The molecule has 2 aromatic carbocycles. The molecule has 2 aromatic heterocycles. The number of carbonyl (C=O) groups is 1. The standard InChI is InChI=1S/C25H22Cl2N4O3/c1-14(23-20(26)11-28-12-21(23)27)34-18-5-6-22-19(10-18)24(30-29-22)15-3-2-4-16(9-15)25(33)31-8-7-17(32)13-31/h2-6,9-12,14,17,32H,7-8,13H2,1H3,(H,29,30)/t14-,17?/m1/s1. The quantitative estimate of drug-likeness (QED) is 0.392. The molecule has 0 aliphatic carbocycles. The minimum absolute atomic E-state index is 0.0952. The van der Waals surface area contributed by atoms with E-state index in [1.54, 1.807) is 11.0 Å². The molecule has 5 rings (SSSR count). The summed E-state index contributed by atoms with van der Waals surface area (Å²) in [4.78, 5) is 18.5. The second-order valence-corrected chi connectivity index (χ2v) is 9.15. The number of aromatic nitrogens is 3. The lowest BCUT2D eigenvalue weighted by Gasteiger charge is -2.17. The van der Waals surface area contributed by atoms with E-state index in [0.717, 1.165) is 16.5 Å². The maximum atomic E-state index is 12.9. The topological polar surface area (TPSA) is 91.3 Å². The number of pyridine rings is 1. The molecule has 1 aliphatic heterocycles. The molecule has 174 valence electrons. The van der Waals surface area contributed by atoms with Gasteiger partial charge in [-0.05, 0) is 43.7 Å². The van der Waals surface area contributed by atoms with Crippen molar-refractivity contribution in [2.75, 3.05) is 13.1 Å². The van der Waals surface area contributed by atoms with E-state index in [0.29, 0.717) is 52.1 Å². The van der Waals surface area contributed by atoms with E-state index in [9.17, 15) is 9.90 Å². The SMILES string of the molecule is C[C@@H](Oc1ccc2[nH]nc(-c3cccc(C(=O)N4CCC(O)C4)c3)c2c1)c1c(Cl)cncc1Cl. The molecular formula is C25H22Cl2N4O3. The van der Waals surface area contributed by atoms with Crippen molar-refractivity contribution >= 4 is 40.0 Å². The molecular weight excluding hydrogens is 475 g/mol. The zero-order valence-electron chi connectivity index (χ0n) is 18.3. The summed E-state index contributed by atoms with van der Waals surface area (Å²) in [5.41, 5.74) is 3.59.